The van der Waals surface area contributed by atoms with Gasteiger partial charge in [0.25, 0.3) is 0 Å². The van der Waals surface area contributed by atoms with E-state index in [9.17, 15) is 4.79 Å². The molecule has 1 aliphatic rings. The van der Waals surface area contributed by atoms with Crippen LogP contribution in [0.5, 0.6) is 0 Å². The molecule has 86 valence electrons. The number of thioether (sulfide) groups is 1. The molecule has 5 heteroatoms. The van der Waals surface area contributed by atoms with Crippen molar-refractivity contribution in [3.63, 3.8) is 0 Å². The highest BCUT2D eigenvalue weighted by atomic mass is 32.2. The number of carbonyl (C=O) groups excluding carboxylic acids is 1. The molecule has 1 heterocycles. The zero-order valence-corrected chi connectivity index (χ0v) is 10.4. The third kappa shape index (κ3) is 4.55. The summed E-state index contributed by atoms with van der Waals surface area (Å²) in [6.45, 7) is 7.12. The average Bonchev–Trinajstić information content (AvgIpc) is 2.14. The van der Waals surface area contributed by atoms with Crippen LogP contribution in [0.2, 0.25) is 0 Å². The predicted molar refractivity (Wildman–Crippen MR) is 65.3 cm³/mol. The van der Waals surface area contributed by atoms with Gasteiger partial charge in [0, 0.05) is 17.8 Å². The number of rotatable bonds is 3. The van der Waals surface area contributed by atoms with Crippen LogP contribution in [-0.2, 0) is 4.79 Å². The van der Waals surface area contributed by atoms with Gasteiger partial charge < -0.3 is 10.6 Å². The minimum Gasteiger partial charge on any atom is -0.362 e. The van der Waals surface area contributed by atoms with Crippen molar-refractivity contribution in [2.45, 2.75) is 38.5 Å². The number of hydrogen-bond donors (Lipinski definition) is 2. The van der Waals surface area contributed by atoms with Crippen molar-refractivity contribution in [3.8, 4) is 0 Å². The van der Waals surface area contributed by atoms with Gasteiger partial charge in [0.15, 0.2) is 5.17 Å². The van der Waals surface area contributed by atoms with Gasteiger partial charge in [0.05, 0.1) is 0 Å². The molecular weight excluding hydrogens is 210 g/mol. The molecule has 0 bridgehead atoms. The van der Waals surface area contributed by atoms with Crippen LogP contribution in [0, 0.1) is 0 Å². The van der Waals surface area contributed by atoms with Crippen molar-refractivity contribution in [1.29, 1.82) is 0 Å². The summed E-state index contributed by atoms with van der Waals surface area (Å²) in [6, 6.07) is 0.453. The highest BCUT2D eigenvalue weighted by Crippen LogP contribution is 2.21. The van der Waals surface area contributed by atoms with E-state index in [2.05, 4.69) is 29.5 Å². The maximum Gasteiger partial charge on any atom is 0.241 e. The topological polar surface area (TPSA) is 53.5 Å². The summed E-state index contributed by atoms with van der Waals surface area (Å²) in [5.41, 5.74) is 0. The summed E-state index contributed by atoms with van der Waals surface area (Å²) < 4.78 is 0. The number of amidine groups is 1. The van der Waals surface area contributed by atoms with Crippen molar-refractivity contribution in [3.05, 3.63) is 0 Å². The Hall–Kier alpha value is -0.710. The number of nitrogens with zero attached hydrogens (tertiary/aromatic N) is 1. The second kappa shape index (κ2) is 6.00. The Balaban J connectivity index is 2.41. The molecule has 1 fully saturated rings. The van der Waals surface area contributed by atoms with E-state index in [1.54, 1.807) is 11.8 Å². The molecule has 0 aromatic carbocycles. The Bertz CT molecular complexity index is 243. The lowest BCUT2D eigenvalue weighted by Gasteiger charge is -2.26. The monoisotopic (exact) mass is 229 g/mol. The summed E-state index contributed by atoms with van der Waals surface area (Å²) >= 11 is 1.71. The van der Waals surface area contributed by atoms with Gasteiger partial charge in [-0.25, -0.2) is 0 Å². The van der Waals surface area contributed by atoms with Crippen molar-refractivity contribution < 1.29 is 4.79 Å². The van der Waals surface area contributed by atoms with Crippen molar-refractivity contribution >= 4 is 22.8 Å². The van der Waals surface area contributed by atoms with Gasteiger partial charge in [-0.1, -0.05) is 18.7 Å². The number of hydrogen-bond acceptors (Lipinski definition) is 3. The Morgan fingerprint density at radius 1 is 1.67 bits per heavy atom. The van der Waals surface area contributed by atoms with E-state index < -0.39 is 0 Å². The molecule has 2 unspecified atom stereocenters. The fourth-order valence-electron chi connectivity index (χ4n) is 1.52. The molecule has 1 saturated heterocycles. The second-order valence-corrected chi connectivity index (χ2v) is 5.21. The zero-order chi connectivity index (χ0) is 11.3. The molecule has 0 spiro atoms. The third-order valence-electron chi connectivity index (χ3n) is 2.11. The van der Waals surface area contributed by atoms with Crippen LogP contribution in [0.3, 0.4) is 0 Å². The zero-order valence-electron chi connectivity index (χ0n) is 9.54. The van der Waals surface area contributed by atoms with E-state index in [1.807, 2.05) is 6.92 Å². The third-order valence-corrected chi connectivity index (χ3v) is 3.17. The van der Waals surface area contributed by atoms with E-state index in [4.69, 9.17) is 0 Å². The van der Waals surface area contributed by atoms with Crippen LogP contribution in [0.4, 0.5) is 0 Å². The number of amides is 1. The number of nitrogens with one attached hydrogen (secondary N) is 2. The van der Waals surface area contributed by atoms with Crippen LogP contribution in [0.1, 0.15) is 27.2 Å². The largest absolute Gasteiger partial charge is 0.362 e. The predicted octanol–water partition coefficient (Wildman–Crippen LogP) is 0.982. The fourth-order valence-corrected chi connectivity index (χ4v) is 2.69. The molecule has 1 amide bonds. The molecule has 0 radical (unpaired) electrons. The summed E-state index contributed by atoms with van der Waals surface area (Å²) in [7, 11) is 0. The van der Waals surface area contributed by atoms with Crippen molar-refractivity contribution in [2.24, 2.45) is 4.99 Å². The van der Waals surface area contributed by atoms with E-state index in [0.29, 0.717) is 17.8 Å². The molecule has 1 rings (SSSR count). The average molecular weight is 229 g/mol. The summed E-state index contributed by atoms with van der Waals surface area (Å²) in [5.74, 6) is -0.0155. The molecule has 0 saturated carbocycles. The van der Waals surface area contributed by atoms with E-state index in [0.717, 1.165) is 11.6 Å². The number of aliphatic imine (C=N–C) groups is 1. The summed E-state index contributed by atoms with van der Waals surface area (Å²) in [5, 5.41) is 7.48. The van der Waals surface area contributed by atoms with Gasteiger partial charge in [-0.3, -0.25) is 9.79 Å². The Labute approximate surface area is 95.3 Å². The fraction of sp³-hybridized carbons (Fsp3) is 0.800. The summed E-state index contributed by atoms with van der Waals surface area (Å²) in [6.07, 6.45) is 1.14. The van der Waals surface area contributed by atoms with Crippen LogP contribution in [0.15, 0.2) is 4.99 Å². The first kappa shape index (κ1) is 12.4. The highest BCUT2D eigenvalue weighted by molar-refractivity contribution is 8.14. The van der Waals surface area contributed by atoms with E-state index >= 15 is 0 Å². The lowest BCUT2D eigenvalue weighted by Crippen LogP contribution is -2.39. The van der Waals surface area contributed by atoms with Crippen molar-refractivity contribution in [2.75, 3.05) is 13.1 Å². The van der Waals surface area contributed by atoms with Gasteiger partial charge in [0.1, 0.15) is 6.54 Å². The molecule has 4 nitrogen and oxygen atoms in total. The first-order chi connectivity index (χ1) is 7.11. The smallest absolute Gasteiger partial charge is 0.241 e. The lowest BCUT2D eigenvalue weighted by molar-refractivity contribution is -0.119. The quantitative estimate of drug-likeness (QED) is 0.758. The van der Waals surface area contributed by atoms with Crippen LogP contribution in [0.25, 0.3) is 0 Å². The summed E-state index contributed by atoms with van der Waals surface area (Å²) in [4.78, 5) is 15.5. The van der Waals surface area contributed by atoms with Crippen LogP contribution in [-0.4, -0.2) is 35.5 Å². The Morgan fingerprint density at radius 3 is 3.00 bits per heavy atom. The second-order valence-electron chi connectivity index (χ2n) is 3.78. The lowest BCUT2D eigenvalue weighted by atomic mass is 10.2. The first-order valence-electron chi connectivity index (χ1n) is 5.36. The standard InChI is InChI=1S/C10H19N3OS/c1-4-11-9(14)6-12-10-13-7(2)5-8(3)15-10/h7-8H,4-6H2,1-3H3,(H,11,14)(H,12,13). The highest BCUT2D eigenvalue weighted by Gasteiger charge is 2.19. The SMILES string of the molecule is CCNC(=O)CN=C1NC(C)CC(C)S1. The molecule has 2 atom stereocenters. The minimum absolute atomic E-state index is 0.0155. The van der Waals surface area contributed by atoms with Crippen molar-refractivity contribution in [1.82, 2.24) is 10.6 Å². The molecular formula is C10H19N3OS. The normalized spacial score (nSPS) is 28.6. The molecule has 0 aliphatic carbocycles. The maximum atomic E-state index is 11.2. The Morgan fingerprint density at radius 2 is 2.40 bits per heavy atom. The molecule has 15 heavy (non-hydrogen) atoms. The van der Waals surface area contributed by atoms with E-state index in [1.165, 1.54) is 0 Å². The molecule has 2 N–H and O–H groups in total. The number of likely N-dealkylation sites (N-methyl/N-ethyl adjacent to an activating group) is 1. The minimum atomic E-state index is -0.0155. The first-order valence-corrected chi connectivity index (χ1v) is 6.24. The molecule has 0 aromatic heterocycles. The molecule has 0 aromatic rings. The van der Waals surface area contributed by atoms with E-state index in [-0.39, 0.29) is 12.5 Å². The maximum absolute atomic E-state index is 11.2. The van der Waals surface area contributed by atoms with Gasteiger partial charge in [-0.15, -0.1) is 0 Å². The number of carbonyl (C=O) groups is 1. The Kier molecular flexibility index (Phi) is 4.94. The van der Waals surface area contributed by atoms with Crippen LogP contribution >= 0.6 is 11.8 Å². The van der Waals surface area contributed by atoms with Gasteiger partial charge in [-0.05, 0) is 20.3 Å². The van der Waals surface area contributed by atoms with Gasteiger partial charge >= 0.3 is 0 Å². The van der Waals surface area contributed by atoms with Crippen LogP contribution < -0.4 is 10.6 Å². The van der Waals surface area contributed by atoms with Gasteiger partial charge in [-0.2, -0.15) is 0 Å². The van der Waals surface area contributed by atoms with Gasteiger partial charge in [0.2, 0.25) is 5.91 Å². The molecule has 1 aliphatic heterocycles.